The molecule has 2 aromatic rings. The summed E-state index contributed by atoms with van der Waals surface area (Å²) < 4.78 is 0. The molecular weight excluding hydrogens is 258 g/mol. The maximum atomic E-state index is 12.0. The van der Waals surface area contributed by atoms with E-state index in [1.807, 2.05) is 0 Å². The van der Waals surface area contributed by atoms with Gasteiger partial charge in [0.25, 0.3) is 0 Å². The maximum absolute atomic E-state index is 12.0. The van der Waals surface area contributed by atoms with Crippen molar-refractivity contribution >= 4 is 16.7 Å². The lowest BCUT2D eigenvalue weighted by atomic mass is 9.83. The number of nitrogens with one attached hydrogen (secondary N) is 1. The molecule has 0 aliphatic heterocycles. The third-order valence-electron chi connectivity index (χ3n) is 4.51. The van der Waals surface area contributed by atoms with E-state index in [0.29, 0.717) is 6.42 Å². The maximum Gasteiger partial charge on any atom is 0.220 e. The van der Waals surface area contributed by atoms with Crippen molar-refractivity contribution in [3.63, 3.8) is 0 Å². The van der Waals surface area contributed by atoms with Crippen LogP contribution in [0.5, 0.6) is 0 Å². The lowest BCUT2D eigenvalue weighted by Gasteiger charge is -2.27. The van der Waals surface area contributed by atoms with Crippen molar-refractivity contribution in [3.05, 3.63) is 47.0 Å². The summed E-state index contributed by atoms with van der Waals surface area (Å²) in [5, 5.41) is 5.96. The van der Waals surface area contributed by atoms with Gasteiger partial charge in [-0.2, -0.15) is 0 Å². The van der Waals surface area contributed by atoms with Crippen molar-refractivity contribution in [2.45, 2.75) is 52.0 Å². The Morgan fingerprint density at radius 1 is 1.24 bits per heavy atom. The number of aryl methyl sites for hydroxylation is 1. The first-order valence-electron chi connectivity index (χ1n) is 7.98. The second kappa shape index (κ2) is 5.88. The van der Waals surface area contributed by atoms with Gasteiger partial charge in [-0.3, -0.25) is 4.79 Å². The van der Waals surface area contributed by atoms with Crippen molar-refractivity contribution in [1.29, 1.82) is 0 Å². The summed E-state index contributed by atoms with van der Waals surface area (Å²) in [4.78, 5) is 12.0. The van der Waals surface area contributed by atoms with Crippen LogP contribution in [0.25, 0.3) is 10.8 Å². The van der Waals surface area contributed by atoms with Crippen LogP contribution in [0.15, 0.2) is 30.3 Å². The number of unbranched alkanes of at least 4 members (excludes halogenated alkanes) is 1. The smallest absolute Gasteiger partial charge is 0.220 e. The Hall–Kier alpha value is -1.83. The van der Waals surface area contributed by atoms with E-state index in [0.717, 1.165) is 25.7 Å². The van der Waals surface area contributed by atoms with Crippen LogP contribution in [0.3, 0.4) is 0 Å². The van der Waals surface area contributed by atoms with Gasteiger partial charge < -0.3 is 5.32 Å². The minimum atomic E-state index is 0.200. The zero-order valence-corrected chi connectivity index (χ0v) is 12.9. The average Bonchev–Trinajstić information content (AvgIpc) is 2.49. The Labute approximate surface area is 126 Å². The second-order valence-corrected chi connectivity index (χ2v) is 6.15. The predicted molar refractivity (Wildman–Crippen MR) is 87.5 cm³/mol. The Balaban J connectivity index is 1.86. The lowest BCUT2D eigenvalue weighted by Crippen LogP contribution is -2.39. The van der Waals surface area contributed by atoms with E-state index in [2.05, 4.69) is 49.5 Å². The van der Waals surface area contributed by atoms with Gasteiger partial charge in [0.2, 0.25) is 5.91 Å². The number of rotatable bonds is 4. The van der Waals surface area contributed by atoms with Crippen molar-refractivity contribution in [3.8, 4) is 0 Å². The Kier molecular flexibility index (Phi) is 3.96. The molecule has 0 aromatic heterocycles. The summed E-state index contributed by atoms with van der Waals surface area (Å²) in [7, 11) is 0. The molecule has 0 spiro atoms. The molecule has 2 nitrogen and oxygen atoms in total. The van der Waals surface area contributed by atoms with Gasteiger partial charge >= 0.3 is 0 Å². The van der Waals surface area contributed by atoms with Crippen LogP contribution in [0.2, 0.25) is 0 Å². The van der Waals surface area contributed by atoms with Crippen molar-refractivity contribution in [1.82, 2.24) is 5.32 Å². The zero-order chi connectivity index (χ0) is 14.8. The number of carbonyl (C=O) groups is 1. The number of amides is 1. The molecule has 0 saturated carbocycles. The highest BCUT2D eigenvalue weighted by molar-refractivity contribution is 5.91. The first-order chi connectivity index (χ1) is 10.2. The zero-order valence-electron chi connectivity index (χ0n) is 12.9. The van der Waals surface area contributed by atoms with Crippen LogP contribution in [-0.2, 0) is 17.6 Å². The molecule has 1 amide bonds. The molecule has 2 heteroatoms. The molecule has 0 heterocycles. The van der Waals surface area contributed by atoms with Crippen LogP contribution in [0.4, 0.5) is 0 Å². The molecule has 0 radical (unpaired) electrons. The fourth-order valence-corrected chi connectivity index (χ4v) is 3.40. The quantitative estimate of drug-likeness (QED) is 0.904. The van der Waals surface area contributed by atoms with Crippen molar-refractivity contribution in [2.75, 3.05) is 0 Å². The highest BCUT2D eigenvalue weighted by Crippen LogP contribution is 2.31. The van der Waals surface area contributed by atoms with Gasteiger partial charge in [0.05, 0.1) is 0 Å². The average molecular weight is 281 g/mol. The largest absolute Gasteiger partial charge is 0.353 e. The molecule has 1 aliphatic carbocycles. The minimum absolute atomic E-state index is 0.200. The Morgan fingerprint density at radius 2 is 2.10 bits per heavy atom. The van der Waals surface area contributed by atoms with E-state index in [9.17, 15) is 4.79 Å². The molecule has 110 valence electrons. The summed E-state index contributed by atoms with van der Waals surface area (Å²) in [6, 6.07) is 11.2. The molecule has 0 bridgehead atoms. The summed E-state index contributed by atoms with van der Waals surface area (Å²) in [5.41, 5.74) is 4.12. The molecule has 3 rings (SSSR count). The summed E-state index contributed by atoms with van der Waals surface area (Å²) in [6.45, 7) is 4.29. The van der Waals surface area contributed by atoms with Crippen LogP contribution < -0.4 is 5.32 Å². The topological polar surface area (TPSA) is 29.1 Å². The molecule has 1 N–H and O–H groups in total. The molecule has 1 unspecified atom stereocenters. The van der Waals surface area contributed by atoms with Gasteiger partial charge in [-0.1, -0.05) is 43.7 Å². The normalized spacial score (nSPS) is 17.0. The van der Waals surface area contributed by atoms with Crippen LogP contribution in [0.1, 0.15) is 42.9 Å². The summed E-state index contributed by atoms with van der Waals surface area (Å²) in [5.74, 6) is 0.200. The van der Waals surface area contributed by atoms with E-state index in [1.54, 1.807) is 0 Å². The minimum Gasteiger partial charge on any atom is -0.353 e. The molecule has 1 aliphatic rings. The standard InChI is InChI=1S/C19H23NO/c1-3-4-8-18(21)20-16-11-15-7-5-6-14-10-9-13(2)17(12-16)19(14)15/h5-7,9-10,16H,3-4,8,11-12H2,1-2H3,(H,20,21). The number of hydrogen-bond acceptors (Lipinski definition) is 1. The number of benzene rings is 2. The van der Waals surface area contributed by atoms with E-state index < -0.39 is 0 Å². The van der Waals surface area contributed by atoms with Crippen LogP contribution in [-0.4, -0.2) is 11.9 Å². The van der Waals surface area contributed by atoms with Gasteiger partial charge in [-0.15, -0.1) is 0 Å². The molecule has 0 saturated heterocycles. The van der Waals surface area contributed by atoms with Crippen LogP contribution in [0, 0.1) is 6.92 Å². The van der Waals surface area contributed by atoms with Gasteiger partial charge in [0.1, 0.15) is 0 Å². The first-order valence-corrected chi connectivity index (χ1v) is 7.98. The van der Waals surface area contributed by atoms with Gasteiger partial charge in [0, 0.05) is 12.5 Å². The third-order valence-corrected chi connectivity index (χ3v) is 4.51. The third kappa shape index (κ3) is 2.80. The fourth-order valence-electron chi connectivity index (χ4n) is 3.40. The molecule has 21 heavy (non-hydrogen) atoms. The van der Waals surface area contributed by atoms with Crippen LogP contribution >= 0.6 is 0 Å². The van der Waals surface area contributed by atoms with Crippen molar-refractivity contribution < 1.29 is 4.79 Å². The lowest BCUT2D eigenvalue weighted by molar-refractivity contribution is -0.121. The van der Waals surface area contributed by atoms with E-state index in [1.165, 1.54) is 27.5 Å². The van der Waals surface area contributed by atoms with E-state index in [4.69, 9.17) is 0 Å². The molecule has 0 fully saturated rings. The van der Waals surface area contributed by atoms with E-state index in [-0.39, 0.29) is 11.9 Å². The Bertz CT molecular complexity index is 675. The SMILES string of the molecule is CCCCC(=O)NC1Cc2cccc3ccc(C)c(c23)C1. The summed E-state index contributed by atoms with van der Waals surface area (Å²) >= 11 is 0. The molecular formula is C19H23NO. The van der Waals surface area contributed by atoms with Gasteiger partial charge in [0.15, 0.2) is 0 Å². The summed E-state index contributed by atoms with van der Waals surface area (Å²) in [6.07, 6.45) is 4.60. The van der Waals surface area contributed by atoms with Gasteiger partial charge in [-0.05, 0) is 53.6 Å². The molecule has 1 atom stereocenters. The van der Waals surface area contributed by atoms with Gasteiger partial charge in [-0.25, -0.2) is 0 Å². The number of hydrogen-bond donors (Lipinski definition) is 1. The fraction of sp³-hybridized carbons (Fsp3) is 0.421. The predicted octanol–water partition coefficient (Wildman–Crippen LogP) is 3.92. The van der Waals surface area contributed by atoms with E-state index >= 15 is 0 Å². The monoisotopic (exact) mass is 281 g/mol. The molecule has 2 aromatic carbocycles. The highest BCUT2D eigenvalue weighted by atomic mass is 16.1. The highest BCUT2D eigenvalue weighted by Gasteiger charge is 2.22. The second-order valence-electron chi connectivity index (χ2n) is 6.15. The number of carbonyl (C=O) groups excluding carboxylic acids is 1. The van der Waals surface area contributed by atoms with Crippen molar-refractivity contribution in [2.24, 2.45) is 0 Å². The first kappa shape index (κ1) is 14.1. The Morgan fingerprint density at radius 3 is 2.90 bits per heavy atom.